The molecular weight excluding hydrogens is 112 g/mol. The van der Waals surface area contributed by atoms with E-state index >= 15 is 0 Å². The molecule has 0 radical (unpaired) electrons. The van der Waals surface area contributed by atoms with Crippen LogP contribution in [-0.4, -0.2) is 6.21 Å². The number of nitrogens with two attached hydrogens (primary N) is 1. The summed E-state index contributed by atoms with van der Waals surface area (Å²) in [6, 6.07) is 0. The molecule has 0 aromatic carbocycles. The van der Waals surface area contributed by atoms with E-state index in [2.05, 4.69) is 18.8 Å². The van der Waals surface area contributed by atoms with E-state index in [0.717, 1.165) is 5.70 Å². The van der Waals surface area contributed by atoms with E-state index in [-0.39, 0.29) is 0 Å². The second-order valence-corrected chi connectivity index (χ2v) is 2.13. The summed E-state index contributed by atoms with van der Waals surface area (Å²) in [6.45, 7) is 6.00. The summed E-state index contributed by atoms with van der Waals surface area (Å²) in [5.74, 6) is 0.422. The molecule has 52 valence electrons. The highest BCUT2D eigenvalue weighted by Gasteiger charge is 1.96. The number of aliphatic imine (C=N–C) groups is 1. The first-order chi connectivity index (χ1) is 4.22. The topological polar surface area (TPSA) is 38.4 Å². The monoisotopic (exact) mass is 126 g/mol. The normalized spacial score (nSPS) is 13.6. The van der Waals surface area contributed by atoms with Crippen LogP contribution in [0.1, 0.15) is 20.8 Å². The lowest BCUT2D eigenvalue weighted by molar-refractivity contribution is 0.755. The fraction of sp³-hybridized carbons (Fsp3) is 0.571. The van der Waals surface area contributed by atoms with Crippen molar-refractivity contribution < 1.29 is 0 Å². The number of rotatable bonds is 2. The Balaban J connectivity index is 4.01. The molecule has 0 amide bonds. The van der Waals surface area contributed by atoms with Crippen LogP contribution in [0.15, 0.2) is 16.9 Å². The van der Waals surface area contributed by atoms with Gasteiger partial charge in [-0.15, -0.1) is 0 Å². The minimum Gasteiger partial charge on any atom is -0.403 e. The first-order valence-corrected chi connectivity index (χ1v) is 3.12. The minimum absolute atomic E-state index is 0.422. The quantitative estimate of drug-likeness (QED) is 0.560. The summed E-state index contributed by atoms with van der Waals surface area (Å²) in [5, 5.41) is 0. The molecular formula is C7H14N2. The van der Waals surface area contributed by atoms with Crippen molar-refractivity contribution >= 4 is 6.21 Å². The Morgan fingerprint density at radius 1 is 1.56 bits per heavy atom. The third-order valence-electron chi connectivity index (χ3n) is 1.04. The minimum atomic E-state index is 0.422. The van der Waals surface area contributed by atoms with E-state index in [9.17, 15) is 0 Å². The maximum absolute atomic E-state index is 5.28. The summed E-state index contributed by atoms with van der Waals surface area (Å²) in [6.07, 6.45) is 3.30. The van der Waals surface area contributed by atoms with Crippen LogP contribution in [0.25, 0.3) is 0 Å². The summed E-state index contributed by atoms with van der Waals surface area (Å²) < 4.78 is 0. The Kier molecular flexibility index (Phi) is 3.76. The second kappa shape index (κ2) is 4.13. The molecule has 0 saturated carbocycles. The Hall–Kier alpha value is -0.790. The van der Waals surface area contributed by atoms with Crippen LogP contribution in [0.3, 0.4) is 0 Å². The summed E-state index contributed by atoms with van der Waals surface area (Å²) in [4.78, 5) is 4.05. The largest absolute Gasteiger partial charge is 0.403 e. The van der Waals surface area contributed by atoms with Crippen LogP contribution >= 0.6 is 0 Å². The standard InChI is InChI=1S/C7H14N2/c1-4-9-7(5-8)6(2)3/h4-6H,8H2,1-3H3/b7-5-,9-4?. The maximum Gasteiger partial charge on any atom is 0.0579 e. The van der Waals surface area contributed by atoms with Crippen molar-refractivity contribution in [2.24, 2.45) is 16.6 Å². The molecule has 0 aliphatic rings. The van der Waals surface area contributed by atoms with Crippen LogP contribution < -0.4 is 5.73 Å². The molecule has 2 nitrogen and oxygen atoms in total. The molecule has 0 rings (SSSR count). The molecule has 0 aromatic heterocycles. The SMILES string of the molecule is CC=N/C(=C\N)C(C)C. The lowest BCUT2D eigenvalue weighted by Gasteiger charge is -2.01. The molecule has 9 heavy (non-hydrogen) atoms. The van der Waals surface area contributed by atoms with Crippen LogP contribution in [-0.2, 0) is 0 Å². The lowest BCUT2D eigenvalue weighted by atomic mass is 10.1. The molecule has 0 aliphatic carbocycles. The fourth-order valence-electron chi connectivity index (χ4n) is 0.534. The van der Waals surface area contributed by atoms with Crippen LogP contribution in [0.2, 0.25) is 0 Å². The van der Waals surface area contributed by atoms with E-state index in [1.54, 1.807) is 12.4 Å². The van der Waals surface area contributed by atoms with Gasteiger partial charge in [0, 0.05) is 12.4 Å². The molecule has 2 heteroatoms. The van der Waals surface area contributed by atoms with Crippen molar-refractivity contribution in [3.63, 3.8) is 0 Å². The fourth-order valence-corrected chi connectivity index (χ4v) is 0.534. The van der Waals surface area contributed by atoms with Crippen molar-refractivity contribution in [3.05, 3.63) is 11.9 Å². The van der Waals surface area contributed by atoms with Gasteiger partial charge in [-0.05, 0) is 12.8 Å². The third-order valence-corrected chi connectivity index (χ3v) is 1.04. The van der Waals surface area contributed by atoms with Gasteiger partial charge in [-0.3, -0.25) is 4.99 Å². The van der Waals surface area contributed by atoms with Crippen molar-refractivity contribution in [1.82, 2.24) is 0 Å². The Morgan fingerprint density at radius 3 is 2.22 bits per heavy atom. The first kappa shape index (κ1) is 8.21. The predicted octanol–water partition coefficient (Wildman–Crippen LogP) is 1.53. The predicted molar refractivity (Wildman–Crippen MR) is 41.3 cm³/mol. The van der Waals surface area contributed by atoms with Gasteiger partial charge >= 0.3 is 0 Å². The van der Waals surface area contributed by atoms with Crippen LogP contribution in [0, 0.1) is 5.92 Å². The van der Waals surface area contributed by atoms with E-state index in [4.69, 9.17) is 5.73 Å². The van der Waals surface area contributed by atoms with Gasteiger partial charge in [0.25, 0.3) is 0 Å². The molecule has 0 spiro atoms. The van der Waals surface area contributed by atoms with Gasteiger partial charge in [0.2, 0.25) is 0 Å². The lowest BCUT2D eigenvalue weighted by Crippen LogP contribution is -1.94. The Labute approximate surface area is 56.5 Å². The van der Waals surface area contributed by atoms with Gasteiger partial charge in [-0.2, -0.15) is 0 Å². The highest BCUT2D eigenvalue weighted by molar-refractivity contribution is 5.55. The highest BCUT2D eigenvalue weighted by Crippen LogP contribution is 2.07. The van der Waals surface area contributed by atoms with Gasteiger partial charge in [0.15, 0.2) is 0 Å². The van der Waals surface area contributed by atoms with E-state index in [0.29, 0.717) is 5.92 Å². The third kappa shape index (κ3) is 2.90. The zero-order valence-corrected chi connectivity index (χ0v) is 6.26. The number of nitrogens with zero attached hydrogens (tertiary/aromatic N) is 1. The maximum atomic E-state index is 5.28. The van der Waals surface area contributed by atoms with Gasteiger partial charge in [-0.1, -0.05) is 13.8 Å². The van der Waals surface area contributed by atoms with Crippen molar-refractivity contribution in [3.8, 4) is 0 Å². The molecule has 0 aromatic rings. The summed E-state index contributed by atoms with van der Waals surface area (Å²) >= 11 is 0. The van der Waals surface area contributed by atoms with E-state index < -0.39 is 0 Å². The summed E-state index contributed by atoms with van der Waals surface area (Å²) in [7, 11) is 0. The zero-order valence-electron chi connectivity index (χ0n) is 6.26. The summed E-state index contributed by atoms with van der Waals surface area (Å²) in [5.41, 5.74) is 6.23. The van der Waals surface area contributed by atoms with Gasteiger partial charge in [-0.25, -0.2) is 0 Å². The van der Waals surface area contributed by atoms with Crippen molar-refractivity contribution in [2.75, 3.05) is 0 Å². The Bertz CT molecular complexity index is 123. The van der Waals surface area contributed by atoms with Crippen LogP contribution in [0.5, 0.6) is 0 Å². The molecule has 0 atom stereocenters. The van der Waals surface area contributed by atoms with E-state index in [1.807, 2.05) is 6.92 Å². The van der Waals surface area contributed by atoms with Gasteiger partial charge < -0.3 is 5.73 Å². The highest BCUT2D eigenvalue weighted by atomic mass is 14.8. The zero-order chi connectivity index (χ0) is 7.28. The van der Waals surface area contributed by atoms with Crippen molar-refractivity contribution in [2.45, 2.75) is 20.8 Å². The number of hydrogen-bond donors (Lipinski definition) is 1. The molecule has 2 N–H and O–H groups in total. The molecule has 0 bridgehead atoms. The average molecular weight is 126 g/mol. The number of allylic oxidation sites excluding steroid dienone is 1. The molecule has 0 heterocycles. The van der Waals surface area contributed by atoms with Gasteiger partial charge in [0.05, 0.1) is 5.70 Å². The van der Waals surface area contributed by atoms with Crippen LogP contribution in [0.4, 0.5) is 0 Å². The average Bonchev–Trinajstić information content (AvgIpc) is 1.82. The number of hydrogen-bond acceptors (Lipinski definition) is 2. The second-order valence-electron chi connectivity index (χ2n) is 2.13. The molecule has 0 unspecified atom stereocenters. The molecule has 0 aliphatic heterocycles. The molecule has 0 saturated heterocycles. The van der Waals surface area contributed by atoms with Gasteiger partial charge in [0.1, 0.15) is 0 Å². The van der Waals surface area contributed by atoms with Crippen molar-refractivity contribution in [1.29, 1.82) is 0 Å². The Morgan fingerprint density at radius 2 is 2.11 bits per heavy atom. The molecule has 0 fully saturated rings. The first-order valence-electron chi connectivity index (χ1n) is 3.12. The smallest absolute Gasteiger partial charge is 0.0579 e. The van der Waals surface area contributed by atoms with E-state index in [1.165, 1.54) is 0 Å².